The average Bonchev–Trinajstić information content (AvgIpc) is 3.37. The number of thioether (sulfide) groups is 1. The molecule has 2 aromatic carbocycles. The summed E-state index contributed by atoms with van der Waals surface area (Å²) >= 11 is 7.70. The van der Waals surface area contributed by atoms with Crippen molar-refractivity contribution in [1.29, 1.82) is 5.41 Å². The molecule has 6 nitrogen and oxygen atoms in total. The van der Waals surface area contributed by atoms with Crippen LogP contribution in [0.5, 0.6) is 5.75 Å². The zero-order valence-corrected chi connectivity index (χ0v) is 20.4. The number of benzene rings is 2. The maximum absolute atomic E-state index is 12.9. The fourth-order valence-corrected chi connectivity index (χ4v) is 5.34. The van der Waals surface area contributed by atoms with E-state index < -0.39 is 5.91 Å². The molecule has 0 fully saturated rings. The van der Waals surface area contributed by atoms with Crippen molar-refractivity contribution in [3.05, 3.63) is 93.1 Å². The minimum absolute atomic E-state index is 0.118. The number of rotatable bonds is 4. The number of nitrogens with one attached hydrogen (secondary N) is 1. The number of hydrogen-bond acceptors (Lipinski definition) is 4. The van der Waals surface area contributed by atoms with Gasteiger partial charge in [-0.3, -0.25) is 15.1 Å². The monoisotopic (exact) mass is 488 g/mol. The van der Waals surface area contributed by atoms with Gasteiger partial charge in [-0.2, -0.15) is 4.99 Å². The van der Waals surface area contributed by atoms with Crippen molar-refractivity contribution in [3.63, 3.8) is 0 Å². The van der Waals surface area contributed by atoms with Crippen LogP contribution in [-0.2, 0) is 4.79 Å². The number of aromatic nitrogens is 1. The standard InChI is InChI=1S/C26H21ClN4O2S/c1-15-11-18(16(2)30(15)19-9-10-23(33-3)21(27)13-19)12-20-24(28)31-22(17-7-5-4-6-8-17)14-34-26(31)29-25(20)32/h4-14,28H,1-3H3/b20-12-,28-24?. The largest absolute Gasteiger partial charge is 0.495 e. The first-order valence-corrected chi connectivity index (χ1v) is 11.8. The van der Waals surface area contributed by atoms with Crippen LogP contribution >= 0.6 is 23.4 Å². The van der Waals surface area contributed by atoms with E-state index in [1.165, 1.54) is 11.8 Å². The van der Waals surface area contributed by atoms with E-state index in [0.29, 0.717) is 15.9 Å². The fourth-order valence-electron chi connectivity index (χ4n) is 4.20. The van der Waals surface area contributed by atoms with Gasteiger partial charge in [0.25, 0.3) is 5.91 Å². The summed E-state index contributed by atoms with van der Waals surface area (Å²) in [6.07, 6.45) is 1.75. The lowest BCUT2D eigenvalue weighted by Gasteiger charge is -2.26. The van der Waals surface area contributed by atoms with E-state index in [2.05, 4.69) is 9.56 Å². The summed E-state index contributed by atoms with van der Waals surface area (Å²) in [5, 5.41) is 11.8. The Morgan fingerprint density at radius 3 is 2.59 bits per heavy atom. The molecule has 3 heterocycles. The molecule has 3 aromatic rings. The molecule has 1 aromatic heterocycles. The number of ether oxygens (including phenoxy) is 1. The Morgan fingerprint density at radius 1 is 1.12 bits per heavy atom. The van der Waals surface area contributed by atoms with E-state index in [9.17, 15) is 4.79 Å². The summed E-state index contributed by atoms with van der Waals surface area (Å²) in [6, 6.07) is 17.4. The van der Waals surface area contributed by atoms with Crippen LogP contribution in [0.2, 0.25) is 5.02 Å². The smallest absolute Gasteiger partial charge is 0.283 e. The third-order valence-electron chi connectivity index (χ3n) is 5.85. The van der Waals surface area contributed by atoms with Crippen LogP contribution < -0.4 is 4.74 Å². The predicted molar refractivity (Wildman–Crippen MR) is 139 cm³/mol. The second kappa shape index (κ2) is 8.66. The van der Waals surface area contributed by atoms with E-state index in [0.717, 1.165) is 33.9 Å². The number of fused-ring (bicyclic) bond motifs is 1. The van der Waals surface area contributed by atoms with Gasteiger partial charge in [0.15, 0.2) is 5.17 Å². The zero-order chi connectivity index (χ0) is 24.0. The molecular weight excluding hydrogens is 468 g/mol. The first-order valence-electron chi connectivity index (χ1n) is 10.6. The highest BCUT2D eigenvalue weighted by Gasteiger charge is 2.36. The van der Waals surface area contributed by atoms with Crippen LogP contribution in [0.4, 0.5) is 0 Å². The van der Waals surface area contributed by atoms with Crippen LogP contribution in [0.25, 0.3) is 17.5 Å². The predicted octanol–water partition coefficient (Wildman–Crippen LogP) is 6.06. The Morgan fingerprint density at radius 2 is 1.88 bits per heavy atom. The highest BCUT2D eigenvalue weighted by molar-refractivity contribution is 8.17. The minimum Gasteiger partial charge on any atom is -0.495 e. The third-order valence-corrected chi connectivity index (χ3v) is 6.97. The number of nitrogens with zero attached hydrogens (tertiary/aromatic N) is 3. The molecule has 0 radical (unpaired) electrons. The lowest BCUT2D eigenvalue weighted by atomic mass is 10.1. The molecule has 5 rings (SSSR count). The summed E-state index contributed by atoms with van der Waals surface area (Å²) in [7, 11) is 1.58. The number of aryl methyl sites for hydroxylation is 1. The quantitative estimate of drug-likeness (QED) is 0.453. The molecule has 1 N–H and O–H groups in total. The Kier molecular flexibility index (Phi) is 5.67. The number of carbonyl (C=O) groups excluding carboxylic acids is 1. The van der Waals surface area contributed by atoms with E-state index in [1.807, 2.05) is 73.9 Å². The highest BCUT2D eigenvalue weighted by atomic mass is 35.5. The molecule has 0 aliphatic carbocycles. The number of methoxy groups -OCH3 is 1. The number of carbonyl (C=O) groups is 1. The molecule has 8 heteroatoms. The molecule has 2 aliphatic rings. The molecule has 170 valence electrons. The van der Waals surface area contributed by atoms with Crippen LogP contribution in [0, 0.1) is 19.3 Å². The van der Waals surface area contributed by atoms with Gasteiger partial charge in [-0.1, -0.05) is 53.7 Å². The van der Waals surface area contributed by atoms with Gasteiger partial charge in [0.2, 0.25) is 0 Å². The normalized spacial score (nSPS) is 16.6. The fraction of sp³-hybridized carbons (Fsp3) is 0.115. The van der Waals surface area contributed by atoms with Crippen LogP contribution in [0.1, 0.15) is 22.5 Å². The first-order chi connectivity index (χ1) is 16.4. The summed E-state index contributed by atoms with van der Waals surface area (Å²) in [4.78, 5) is 18.9. The van der Waals surface area contributed by atoms with Crippen LogP contribution in [0.3, 0.4) is 0 Å². The molecule has 34 heavy (non-hydrogen) atoms. The molecule has 1 amide bonds. The number of hydrogen-bond donors (Lipinski definition) is 1. The maximum Gasteiger partial charge on any atom is 0.283 e. The Bertz CT molecular complexity index is 1440. The maximum atomic E-state index is 12.9. The van der Waals surface area contributed by atoms with Crippen molar-refractivity contribution in [1.82, 2.24) is 9.47 Å². The van der Waals surface area contributed by atoms with E-state index in [1.54, 1.807) is 18.1 Å². The Hall–Kier alpha value is -3.55. The Labute approximate surface area is 206 Å². The van der Waals surface area contributed by atoms with Gasteiger partial charge in [0.05, 0.1) is 23.4 Å². The lowest BCUT2D eigenvalue weighted by molar-refractivity contribution is -0.114. The van der Waals surface area contributed by atoms with Crippen molar-refractivity contribution in [2.75, 3.05) is 7.11 Å². The SMILES string of the molecule is COc1ccc(-n2c(C)cc(/C=C3/C(=N)N4C(c5ccccc5)=CSC4=NC3=O)c2C)cc1Cl. The van der Waals surface area contributed by atoms with Crippen molar-refractivity contribution < 1.29 is 9.53 Å². The molecule has 0 saturated carbocycles. The Balaban J connectivity index is 1.54. The summed E-state index contributed by atoms with van der Waals surface area (Å²) < 4.78 is 7.33. The van der Waals surface area contributed by atoms with Crippen molar-refractivity contribution >= 4 is 52.0 Å². The molecule has 0 atom stereocenters. The molecule has 0 saturated heterocycles. The first kappa shape index (κ1) is 22.3. The number of aliphatic imine (C=N–C) groups is 1. The summed E-state index contributed by atoms with van der Waals surface area (Å²) in [6.45, 7) is 3.97. The van der Waals surface area contributed by atoms with E-state index in [4.69, 9.17) is 21.7 Å². The van der Waals surface area contributed by atoms with Crippen molar-refractivity contribution in [2.45, 2.75) is 13.8 Å². The second-order valence-electron chi connectivity index (χ2n) is 7.91. The second-order valence-corrected chi connectivity index (χ2v) is 9.15. The van der Waals surface area contributed by atoms with Gasteiger partial charge < -0.3 is 9.30 Å². The molecule has 0 spiro atoms. The number of amidine groups is 2. The summed E-state index contributed by atoms with van der Waals surface area (Å²) in [5.74, 6) is 0.312. The molecule has 2 aliphatic heterocycles. The van der Waals surface area contributed by atoms with Crippen molar-refractivity contribution in [3.8, 4) is 11.4 Å². The average molecular weight is 489 g/mol. The van der Waals surface area contributed by atoms with Gasteiger partial charge >= 0.3 is 0 Å². The van der Waals surface area contributed by atoms with E-state index >= 15 is 0 Å². The minimum atomic E-state index is -0.413. The molecule has 0 bridgehead atoms. The van der Waals surface area contributed by atoms with Gasteiger partial charge in [-0.15, -0.1) is 0 Å². The van der Waals surface area contributed by atoms with Gasteiger partial charge in [-0.05, 0) is 55.3 Å². The lowest BCUT2D eigenvalue weighted by Crippen LogP contribution is -2.38. The third kappa shape index (κ3) is 3.67. The summed E-state index contributed by atoms with van der Waals surface area (Å²) in [5.41, 5.74) is 5.69. The van der Waals surface area contributed by atoms with Gasteiger partial charge in [0.1, 0.15) is 11.6 Å². The van der Waals surface area contributed by atoms with Crippen molar-refractivity contribution in [2.24, 2.45) is 4.99 Å². The van der Waals surface area contributed by atoms with Gasteiger partial charge in [0, 0.05) is 22.5 Å². The molecular formula is C26H21ClN4O2S. The van der Waals surface area contributed by atoms with E-state index in [-0.39, 0.29) is 11.4 Å². The highest BCUT2D eigenvalue weighted by Crippen LogP contribution is 2.38. The zero-order valence-electron chi connectivity index (χ0n) is 18.8. The van der Waals surface area contributed by atoms with Gasteiger partial charge in [-0.25, -0.2) is 0 Å². The van der Waals surface area contributed by atoms with Crippen LogP contribution in [-0.4, -0.2) is 33.5 Å². The number of halogens is 1. The van der Waals surface area contributed by atoms with Crippen LogP contribution in [0.15, 0.2) is 70.6 Å². The number of amides is 1. The molecule has 0 unspecified atom stereocenters. The topological polar surface area (TPSA) is 70.7 Å².